The Morgan fingerprint density at radius 3 is 3.04 bits per heavy atom. The summed E-state index contributed by atoms with van der Waals surface area (Å²) < 4.78 is 7.05. The number of rotatable bonds is 8. The minimum Gasteiger partial charge on any atom is -0.377 e. The number of aromatic nitrogens is 3. The molecular formula is C18H27N7O2S. The van der Waals surface area contributed by atoms with E-state index in [1.54, 1.807) is 14.2 Å². The van der Waals surface area contributed by atoms with Gasteiger partial charge in [0.2, 0.25) is 0 Å². The molecule has 1 aliphatic rings. The van der Waals surface area contributed by atoms with Gasteiger partial charge < -0.3 is 20.7 Å². The predicted octanol–water partition coefficient (Wildman–Crippen LogP) is 0.786. The minimum absolute atomic E-state index is 0.0174. The monoisotopic (exact) mass is 405 g/mol. The van der Waals surface area contributed by atoms with Crippen LogP contribution in [0.15, 0.2) is 22.5 Å². The molecule has 0 bridgehead atoms. The summed E-state index contributed by atoms with van der Waals surface area (Å²) in [4.78, 5) is 21.4. The summed E-state index contributed by atoms with van der Waals surface area (Å²) in [6, 6.07) is 3.95. The lowest BCUT2D eigenvalue weighted by molar-refractivity contribution is 0.0957. The van der Waals surface area contributed by atoms with Crippen LogP contribution in [-0.2, 0) is 24.3 Å². The van der Waals surface area contributed by atoms with Crippen LogP contribution >= 0.6 is 11.3 Å². The molecule has 1 amide bonds. The van der Waals surface area contributed by atoms with Crippen LogP contribution in [0.3, 0.4) is 0 Å². The molecule has 9 nitrogen and oxygen atoms in total. The zero-order valence-corrected chi connectivity index (χ0v) is 17.1. The van der Waals surface area contributed by atoms with Gasteiger partial charge in [-0.25, -0.2) is 9.67 Å². The molecule has 0 radical (unpaired) electrons. The average Bonchev–Trinajstić information content (AvgIpc) is 3.36. The highest BCUT2D eigenvalue weighted by Gasteiger charge is 2.22. The Morgan fingerprint density at radius 2 is 2.29 bits per heavy atom. The van der Waals surface area contributed by atoms with E-state index in [1.165, 1.54) is 11.3 Å². The highest BCUT2D eigenvalue weighted by molar-refractivity contribution is 7.12. The van der Waals surface area contributed by atoms with Crippen molar-refractivity contribution in [2.24, 2.45) is 4.99 Å². The van der Waals surface area contributed by atoms with Gasteiger partial charge in [-0.05, 0) is 24.3 Å². The molecule has 3 heterocycles. The number of hydrogen-bond acceptors (Lipinski definition) is 6. The van der Waals surface area contributed by atoms with Crippen LogP contribution in [0, 0.1) is 0 Å². The fourth-order valence-electron chi connectivity index (χ4n) is 3.05. The van der Waals surface area contributed by atoms with Gasteiger partial charge in [0.15, 0.2) is 11.8 Å². The summed E-state index contributed by atoms with van der Waals surface area (Å²) >= 11 is 1.45. The molecule has 0 aliphatic carbocycles. The summed E-state index contributed by atoms with van der Waals surface area (Å²) in [7, 11) is 3.40. The molecule has 152 valence electrons. The SMILES string of the molecule is CN=C(NCCCNC(=O)c1cccs1)NC1CCc2nc(COC)nn2C1. The number of ether oxygens (including phenoxy) is 1. The van der Waals surface area contributed by atoms with Crippen molar-refractivity contribution in [2.45, 2.75) is 38.5 Å². The number of fused-ring (bicyclic) bond motifs is 1. The first-order valence-electron chi connectivity index (χ1n) is 9.40. The third kappa shape index (κ3) is 5.52. The van der Waals surface area contributed by atoms with Crippen LogP contribution < -0.4 is 16.0 Å². The van der Waals surface area contributed by atoms with Crippen LogP contribution in [0.5, 0.6) is 0 Å². The molecule has 0 saturated carbocycles. The van der Waals surface area contributed by atoms with Crippen LogP contribution in [0.4, 0.5) is 0 Å². The number of aliphatic imine (C=N–C) groups is 1. The number of amides is 1. The maximum Gasteiger partial charge on any atom is 0.261 e. The van der Waals surface area contributed by atoms with E-state index in [2.05, 4.69) is 31.0 Å². The number of methoxy groups -OCH3 is 1. The van der Waals surface area contributed by atoms with E-state index in [1.807, 2.05) is 22.2 Å². The van der Waals surface area contributed by atoms with Crippen molar-refractivity contribution in [1.29, 1.82) is 0 Å². The Hall–Kier alpha value is -2.46. The molecule has 2 aromatic rings. The van der Waals surface area contributed by atoms with Crippen molar-refractivity contribution in [3.05, 3.63) is 34.0 Å². The van der Waals surface area contributed by atoms with Gasteiger partial charge in [0.05, 0.1) is 11.4 Å². The maximum atomic E-state index is 11.9. The van der Waals surface area contributed by atoms with Gasteiger partial charge in [-0.1, -0.05) is 6.07 Å². The van der Waals surface area contributed by atoms with E-state index in [0.29, 0.717) is 13.2 Å². The summed E-state index contributed by atoms with van der Waals surface area (Å²) in [6.07, 6.45) is 2.67. The Morgan fingerprint density at radius 1 is 1.43 bits per heavy atom. The smallest absolute Gasteiger partial charge is 0.261 e. The second-order valence-corrected chi connectivity index (χ2v) is 7.47. The van der Waals surface area contributed by atoms with Crippen molar-refractivity contribution in [1.82, 2.24) is 30.7 Å². The molecule has 3 N–H and O–H groups in total. The maximum absolute atomic E-state index is 11.9. The number of aryl methyl sites for hydroxylation is 1. The Labute approximate surface area is 168 Å². The zero-order chi connectivity index (χ0) is 19.8. The third-order valence-electron chi connectivity index (χ3n) is 4.42. The third-order valence-corrected chi connectivity index (χ3v) is 5.28. The van der Waals surface area contributed by atoms with Crippen molar-refractivity contribution < 1.29 is 9.53 Å². The number of hydrogen-bond donors (Lipinski definition) is 3. The second kappa shape index (κ2) is 10.2. The first-order chi connectivity index (χ1) is 13.7. The van der Waals surface area contributed by atoms with Gasteiger partial charge in [-0.3, -0.25) is 9.79 Å². The first kappa shape index (κ1) is 20.3. The summed E-state index contributed by atoms with van der Waals surface area (Å²) in [5, 5.41) is 16.1. The van der Waals surface area contributed by atoms with Crippen LogP contribution in [0.1, 0.15) is 34.2 Å². The highest BCUT2D eigenvalue weighted by Crippen LogP contribution is 2.13. The molecule has 28 heavy (non-hydrogen) atoms. The molecule has 1 atom stereocenters. The van der Waals surface area contributed by atoms with Crippen molar-refractivity contribution in [3.8, 4) is 0 Å². The van der Waals surface area contributed by atoms with E-state index < -0.39 is 0 Å². The molecule has 0 saturated heterocycles. The summed E-state index contributed by atoms with van der Waals surface area (Å²) in [5.41, 5.74) is 0. The molecule has 0 spiro atoms. The fraction of sp³-hybridized carbons (Fsp3) is 0.556. The standard InChI is InChI=1S/C18H27N7O2S/c1-19-18(21-9-4-8-20-17(26)14-5-3-10-28-14)22-13-6-7-16-23-15(12-27-2)24-25(16)11-13/h3,5,10,13H,4,6-9,11-12H2,1-2H3,(H,20,26)(H2,19,21,22). The Balaban J connectivity index is 1.37. The van der Waals surface area contributed by atoms with Gasteiger partial charge in [0.1, 0.15) is 12.4 Å². The molecule has 2 aromatic heterocycles. The number of carbonyl (C=O) groups excluding carboxylic acids is 1. The molecular weight excluding hydrogens is 378 g/mol. The van der Waals surface area contributed by atoms with Gasteiger partial charge >= 0.3 is 0 Å². The van der Waals surface area contributed by atoms with E-state index >= 15 is 0 Å². The van der Waals surface area contributed by atoms with E-state index in [0.717, 1.165) is 54.8 Å². The molecule has 1 aliphatic heterocycles. The number of nitrogens with zero attached hydrogens (tertiary/aromatic N) is 4. The average molecular weight is 406 g/mol. The Kier molecular flexibility index (Phi) is 7.38. The van der Waals surface area contributed by atoms with Crippen LogP contribution in [0.2, 0.25) is 0 Å². The van der Waals surface area contributed by atoms with E-state index in [9.17, 15) is 4.79 Å². The van der Waals surface area contributed by atoms with Crippen molar-refractivity contribution in [2.75, 3.05) is 27.2 Å². The van der Waals surface area contributed by atoms with Crippen LogP contribution in [0.25, 0.3) is 0 Å². The lowest BCUT2D eigenvalue weighted by atomic mass is 10.1. The minimum atomic E-state index is -0.0174. The second-order valence-electron chi connectivity index (χ2n) is 6.53. The number of thiophene rings is 1. The quantitative estimate of drug-likeness (QED) is 0.341. The zero-order valence-electron chi connectivity index (χ0n) is 16.3. The molecule has 3 rings (SSSR count). The molecule has 10 heteroatoms. The van der Waals surface area contributed by atoms with E-state index in [4.69, 9.17) is 4.74 Å². The fourth-order valence-corrected chi connectivity index (χ4v) is 3.69. The summed E-state index contributed by atoms with van der Waals surface area (Å²) in [6.45, 7) is 2.53. The van der Waals surface area contributed by atoms with Crippen molar-refractivity contribution >= 4 is 23.2 Å². The number of guanidine groups is 1. The molecule has 1 unspecified atom stereocenters. The predicted molar refractivity (Wildman–Crippen MR) is 109 cm³/mol. The van der Waals surface area contributed by atoms with Gasteiger partial charge in [0, 0.05) is 39.7 Å². The Bertz CT molecular complexity index is 788. The normalized spacial score (nSPS) is 16.5. The van der Waals surface area contributed by atoms with Gasteiger partial charge in [0.25, 0.3) is 5.91 Å². The molecule has 0 fully saturated rings. The van der Waals surface area contributed by atoms with Gasteiger partial charge in [-0.15, -0.1) is 11.3 Å². The summed E-state index contributed by atoms with van der Waals surface area (Å²) in [5.74, 6) is 2.48. The van der Waals surface area contributed by atoms with Gasteiger partial charge in [-0.2, -0.15) is 5.10 Å². The lowest BCUT2D eigenvalue weighted by Gasteiger charge is -2.25. The van der Waals surface area contributed by atoms with Crippen molar-refractivity contribution in [3.63, 3.8) is 0 Å². The lowest BCUT2D eigenvalue weighted by Crippen LogP contribution is -2.47. The largest absolute Gasteiger partial charge is 0.377 e. The molecule has 0 aromatic carbocycles. The van der Waals surface area contributed by atoms with Crippen LogP contribution in [-0.4, -0.2) is 59.9 Å². The number of nitrogens with one attached hydrogen (secondary N) is 3. The topological polar surface area (TPSA) is 105 Å². The van der Waals surface area contributed by atoms with E-state index in [-0.39, 0.29) is 11.9 Å². The highest BCUT2D eigenvalue weighted by atomic mass is 32.1. The first-order valence-corrected chi connectivity index (χ1v) is 10.3. The number of carbonyl (C=O) groups is 1.